The predicted molar refractivity (Wildman–Crippen MR) is 61.8 cm³/mol. The van der Waals surface area contributed by atoms with Crippen LogP contribution < -0.4 is 10.6 Å². The van der Waals surface area contributed by atoms with Gasteiger partial charge in [-0.05, 0) is 13.8 Å². The van der Waals surface area contributed by atoms with Crippen molar-refractivity contribution in [1.82, 2.24) is 15.5 Å². The third-order valence-electron chi connectivity index (χ3n) is 2.62. The second-order valence-electron chi connectivity index (χ2n) is 4.61. The molecule has 0 spiro atoms. The Morgan fingerprint density at radius 2 is 1.93 bits per heavy atom. The van der Waals surface area contributed by atoms with E-state index in [0.29, 0.717) is 0 Å². The van der Waals surface area contributed by atoms with Crippen LogP contribution >= 0.6 is 0 Å². The number of carbonyl (C=O) groups is 1. The fourth-order valence-corrected chi connectivity index (χ4v) is 1.79. The highest BCUT2D eigenvalue weighted by molar-refractivity contribution is 5.78. The van der Waals surface area contributed by atoms with Crippen LogP contribution in [-0.2, 0) is 4.79 Å². The van der Waals surface area contributed by atoms with E-state index in [1.807, 2.05) is 20.8 Å². The molecule has 0 aromatic rings. The van der Waals surface area contributed by atoms with Gasteiger partial charge in [-0.3, -0.25) is 4.79 Å². The molecular weight excluding hydrogens is 190 g/mol. The van der Waals surface area contributed by atoms with Gasteiger partial charge in [0.15, 0.2) is 0 Å². The van der Waals surface area contributed by atoms with Gasteiger partial charge in [0.05, 0.1) is 0 Å². The van der Waals surface area contributed by atoms with Gasteiger partial charge in [-0.15, -0.1) is 0 Å². The molecule has 0 saturated carbocycles. The molecule has 1 unspecified atom stereocenters. The highest BCUT2D eigenvalue weighted by Gasteiger charge is 2.18. The maximum absolute atomic E-state index is 11.7. The zero-order valence-electron chi connectivity index (χ0n) is 10.0. The lowest BCUT2D eigenvalue weighted by atomic mass is 10.1. The first-order valence-electron chi connectivity index (χ1n) is 5.83. The zero-order valence-corrected chi connectivity index (χ0v) is 10.0. The van der Waals surface area contributed by atoms with E-state index in [-0.39, 0.29) is 17.9 Å². The summed E-state index contributed by atoms with van der Waals surface area (Å²) in [4.78, 5) is 14.0. The van der Waals surface area contributed by atoms with Crippen molar-refractivity contribution in [3.8, 4) is 0 Å². The van der Waals surface area contributed by atoms with Crippen LogP contribution in [0.5, 0.6) is 0 Å². The Bertz CT molecular complexity index is 200. The summed E-state index contributed by atoms with van der Waals surface area (Å²) in [6.45, 7) is 11.1. The number of piperazine rings is 1. The minimum Gasteiger partial charge on any atom is -0.354 e. The summed E-state index contributed by atoms with van der Waals surface area (Å²) in [6.07, 6.45) is 0. The van der Waals surface area contributed by atoms with Gasteiger partial charge in [-0.25, -0.2) is 0 Å². The molecule has 1 atom stereocenters. The van der Waals surface area contributed by atoms with Crippen LogP contribution in [0.25, 0.3) is 0 Å². The van der Waals surface area contributed by atoms with Gasteiger partial charge in [0.2, 0.25) is 5.91 Å². The minimum atomic E-state index is 0.0884. The van der Waals surface area contributed by atoms with Crippen molar-refractivity contribution in [2.75, 3.05) is 32.7 Å². The van der Waals surface area contributed by atoms with Crippen LogP contribution in [0.3, 0.4) is 0 Å². The first kappa shape index (κ1) is 12.5. The largest absolute Gasteiger partial charge is 0.354 e. The fraction of sp³-hybridized carbons (Fsp3) is 0.909. The lowest BCUT2D eigenvalue weighted by Crippen LogP contribution is -2.47. The molecular formula is C11H23N3O. The fourth-order valence-electron chi connectivity index (χ4n) is 1.79. The monoisotopic (exact) mass is 213 g/mol. The van der Waals surface area contributed by atoms with Crippen molar-refractivity contribution in [3.63, 3.8) is 0 Å². The van der Waals surface area contributed by atoms with Gasteiger partial charge in [-0.2, -0.15) is 0 Å². The molecule has 1 aliphatic heterocycles. The first-order chi connectivity index (χ1) is 7.09. The first-order valence-corrected chi connectivity index (χ1v) is 5.83. The average molecular weight is 213 g/mol. The van der Waals surface area contributed by atoms with Crippen molar-refractivity contribution in [2.24, 2.45) is 5.92 Å². The smallest absolute Gasteiger partial charge is 0.224 e. The molecule has 1 aliphatic rings. The van der Waals surface area contributed by atoms with Crippen molar-refractivity contribution in [3.05, 3.63) is 0 Å². The van der Waals surface area contributed by atoms with Gasteiger partial charge in [0, 0.05) is 44.7 Å². The lowest BCUT2D eigenvalue weighted by Gasteiger charge is -2.29. The molecule has 4 nitrogen and oxygen atoms in total. The zero-order chi connectivity index (χ0) is 11.3. The molecule has 1 fully saturated rings. The molecule has 4 heteroatoms. The lowest BCUT2D eigenvalue weighted by molar-refractivity contribution is -0.125. The van der Waals surface area contributed by atoms with E-state index < -0.39 is 0 Å². The van der Waals surface area contributed by atoms with Crippen LogP contribution in [0.15, 0.2) is 0 Å². The summed E-state index contributed by atoms with van der Waals surface area (Å²) in [7, 11) is 0. The maximum Gasteiger partial charge on any atom is 0.224 e. The second kappa shape index (κ2) is 6.08. The molecule has 0 aliphatic carbocycles. The van der Waals surface area contributed by atoms with Crippen molar-refractivity contribution >= 4 is 5.91 Å². The van der Waals surface area contributed by atoms with Crippen LogP contribution in [-0.4, -0.2) is 49.6 Å². The van der Waals surface area contributed by atoms with Gasteiger partial charge in [-0.1, -0.05) is 6.92 Å². The number of hydrogen-bond donors (Lipinski definition) is 2. The molecule has 15 heavy (non-hydrogen) atoms. The van der Waals surface area contributed by atoms with E-state index in [1.54, 1.807) is 0 Å². The molecule has 1 amide bonds. The number of nitrogens with one attached hydrogen (secondary N) is 2. The highest BCUT2D eigenvalue weighted by Crippen LogP contribution is 2.02. The van der Waals surface area contributed by atoms with E-state index in [2.05, 4.69) is 15.5 Å². The third kappa shape index (κ3) is 4.62. The van der Waals surface area contributed by atoms with Gasteiger partial charge in [0.25, 0.3) is 0 Å². The average Bonchev–Trinajstić information content (AvgIpc) is 2.18. The molecule has 0 aromatic heterocycles. The highest BCUT2D eigenvalue weighted by atomic mass is 16.1. The van der Waals surface area contributed by atoms with Crippen LogP contribution in [0, 0.1) is 5.92 Å². The molecule has 2 N–H and O–H groups in total. The summed E-state index contributed by atoms with van der Waals surface area (Å²) >= 11 is 0. The molecule has 1 heterocycles. The summed E-state index contributed by atoms with van der Waals surface area (Å²) < 4.78 is 0. The van der Waals surface area contributed by atoms with Gasteiger partial charge >= 0.3 is 0 Å². The van der Waals surface area contributed by atoms with Gasteiger partial charge in [0.1, 0.15) is 0 Å². The van der Waals surface area contributed by atoms with Gasteiger partial charge < -0.3 is 15.5 Å². The van der Waals surface area contributed by atoms with Crippen LogP contribution in [0.1, 0.15) is 20.8 Å². The SMILES string of the molecule is CC(C)NC(=O)C(C)CN1CCNCC1. The van der Waals surface area contributed by atoms with Crippen molar-refractivity contribution < 1.29 is 4.79 Å². The van der Waals surface area contributed by atoms with Crippen molar-refractivity contribution in [2.45, 2.75) is 26.8 Å². The Balaban J connectivity index is 2.26. The number of nitrogens with zero attached hydrogens (tertiary/aromatic N) is 1. The number of carbonyl (C=O) groups excluding carboxylic acids is 1. The normalized spacial score (nSPS) is 20.3. The second-order valence-corrected chi connectivity index (χ2v) is 4.61. The Hall–Kier alpha value is -0.610. The van der Waals surface area contributed by atoms with Crippen molar-refractivity contribution in [1.29, 1.82) is 0 Å². The topological polar surface area (TPSA) is 44.4 Å². The summed E-state index contributed by atoms with van der Waals surface area (Å²) in [5.41, 5.74) is 0. The van der Waals surface area contributed by atoms with E-state index in [0.717, 1.165) is 32.7 Å². The number of amides is 1. The standard InChI is InChI=1S/C11H23N3O/c1-9(2)13-11(15)10(3)8-14-6-4-12-5-7-14/h9-10,12H,4-8H2,1-3H3,(H,13,15). The Morgan fingerprint density at radius 1 is 1.33 bits per heavy atom. The molecule has 88 valence electrons. The minimum absolute atomic E-state index is 0.0884. The molecule has 0 radical (unpaired) electrons. The third-order valence-corrected chi connectivity index (χ3v) is 2.62. The molecule has 0 bridgehead atoms. The van der Waals surface area contributed by atoms with Crippen LogP contribution in [0.2, 0.25) is 0 Å². The number of hydrogen-bond acceptors (Lipinski definition) is 3. The predicted octanol–water partition coefficient (Wildman–Crippen LogP) is 0.0523. The Labute approximate surface area is 92.4 Å². The summed E-state index contributed by atoms with van der Waals surface area (Å²) in [5.74, 6) is 0.258. The molecule has 0 aromatic carbocycles. The summed E-state index contributed by atoms with van der Waals surface area (Å²) in [6, 6.07) is 0.239. The van der Waals surface area contributed by atoms with E-state index in [9.17, 15) is 4.79 Å². The van der Waals surface area contributed by atoms with E-state index in [1.165, 1.54) is 0 Å². The summed E-state index contributed by atoms with van der Waals surface area (Å²) in [5, 5.41) is 6.26. The quantitative estimate of drug-likeness (QED) is 0.694. The number of rotatable bonds is 4. The molecule has 1 rings (SSSR count). The van der Waals surface area contributed by atoms with E-state index in [4.69, 9.17) is 0 Å². The maximum atomic E-state index is 11.7. The molecule has 1 saturated heterocycles. The Morgan fingerprint density at radius 3 is 2.47 bits per heavy atom. The Kier molecular flexibility index (Phi) is 5.05. The van der Waals surface area contributed by atoms with E-state index >= 15 is 0 Å². The van der Waals surface area contributed by atoms with Crippen LogP contribution in [0.4, 0.5) is 0 Å².